The van der Waals surface area contributed by atoms with Gasteiger partial charge >= 0.3 is 0 Å². The van der Waals surface area contributed by atoms with Crippen molar-refractivity contribution in [2.75, 3.05) is 0 Å². The van der Waals surface area contributed by atoms with Crippen molar-refractivity contribution in [3.8, 4) is 12.3 Å². The zero-order valence-electron chi connectivity index (χ0n) is 8.14. The van der Waals surface area contributed by atoms with Gasteiger partial charge in [-0.2, -0.15) is 18.4 Å². The summed E-state index contributed by atoms with van der Waals surface area (Å²) in [6.45, 7) is 1.88. The van der Waals surface area contributed by atoms with Crippen LogP contribution in [0.4, 0.5) is 0 Å². The van der Waals surface area contributed by atoms with Gasteiger partial charge < -0.3 is 0 Å². The van der Waals surface area contributed by atoms with Crippen molar-refractivity contribution in [3.63, 3.8) is 0 Å². The van der Waals surface area contributed by atoms with Gasteiger partial charge in [0.25, 0.3) is 10.0 Å². The highest BCUT2D eigenvalue weighted by molar-refractivity contribution is 7.89. The van der Waals surface area contributed by atoms with Gasteiger partial charge in [-0.15, -0.1) is 6.42 Å². The molecular weight excluding hydrogens is 213 g/mol. The summed E-state index contributed by atoms with van der Waals surface area (Å²) in [6, 6.07) is 6.42. The van der Waals surface area contributed by atoms with E-state index in [2.05, 4.69) is 11.0 Å². The number of benzene rings is 1. The van der Waals surface area contributed by atoms with Crippen LogP contribution in [-0.4, -0.2) is 14.6 Å². The molecule has 78 valence electrons. The maximum atomic E-state index is 11.5. The number of aryl methyl sites for hydroxylation is 1. The summed E-state index contributed by atoms with van der Waals surface area (Å²) < 4.78 is 23.0. The van der Waals surface area contributed by atoms with Crippen LogP contribution in [0.1, 0.15) is 5.56 Å². The Kier molecular flexibility index (Phi) is 3.47. The molecule has 0 spiro atoms. The minimum absolute atomic E-state index is 0.155. The van der Waals surface area contributed by atoms with Crippen LogP contribution in [0.25, 0.3) is 0 Å². The summed E-state index contributed by atoms with van der Waals surface area (Å²) >= 11 is 0. The van der Waals surface area contributed by atoms with E-state index in [4.69, 9.17) is 6.42 Å². The lowest BCUT2D eigenvalue weighted by Gasteiger charge is -2.02. The second-order valence-electron chi connectivity index (χ2n) is 2.83. The molecule has 0 aliphatic carbocycles. The maximum Gasteiger partial charge on any atom is 0.276 e. The number of nitrogens with zero attached hydrogens (tertiary/aromatic N) is 1. The Hall–Kier alpha value is -1.80. The summed E-state index contributed by atoms with van der Waals surface area (Å²) in [7, 11) is -3.59. The van der Waals surface area contributed by atoms with E-state index in [0.717, 1.165) is 11.8 Å². The Bertz CT molecular complexity index is 495. The minimum Gasteiger partial charge on any atom is -0.200 e. The number of sulfonamides is 1. The average molecular weight is 223 g/mol. The predicted octanol–water partition coefficient (Wildman–Crippen LogP) is 0.892. The fourth-order valence-corrected chi connectivity index (χ4v) is 1.69. The molecule has 1 rings (SSSR count). The van der Waals surface area contributed by atoms with Crippen molar-refractivity contribution in [1.29, 1.82) is 0 Å². The quantitative estimate of drug-likeness (QED) is 0.358. The molecule has 1 aromatic carbocycles. The molecule has 5 heteroatoms. The molecule has 4 nitrogen and oxygen atoms in total. The molecule has 0 saturated carbocycles. The monoisotopic (exact) mass is 223 g/mol. The topological polar surface area (TPSA) is 58.5 Å². The van der Waals surface area contributed by atoms with E-state index in [9.17, 15) is 8.42 Å². The molecule has 0 fully saturated rings. The molecule has 0 heterocycles. The molecule has 0 aliphatic rings. The van der Waals surface area contributed by atoms with Crippen LogP contribution in [0.5, 0.6) is 0 Å². The highest BCUT2D eigenvalue weighted by atomic mass is 32.2. The summed E-state index contributed by atoms with van der Waals surface area (Å²) in [5.74, 6) is 2.08. The van der Waals surface area contributed by atoms with Crippen molar-refractivity contribution in [1.82, 2.24) is 4.83 Å². The molecule has 0 radical (unpaired) electrons. The molecule has 0 aliphatic heterocycles. The van der Waals surface area contributed by atoms with Crippen molar-refractivity contribution < 1.29 is 8.42 Å². The first-order valence-corrected chi connectivity index (χ1v) is 5.61. The molecule has 0 bridgehead atoms. The van der Waals surface area contributed by atoms with E-state index >= 15 is 0 Å². The first kappa shape index (κ1) is 11.3. The summed E-state index contributed by atoms with van der Waals surface area (Å²) in [4.78, 5) is 2.15. The molecular formula is C10H10N2O2S. The number of nitrogens with one attached hydrogen (secondary N) is 1. The summed E-state index contributed by atoms with van der Waals surface area (Å²) in [6.07, 6.45) is 5.92. The molecule has 1 N–H and O–H groups in total. The van der Waals surface area contributed by atoms with E-state index in [0.29, 0.717) is 0 Å². The third-order valence-corrected chi connectivity index (χ3v) is 2.88. The smallest absolute Gasteiger partial charge is 0.200 e. The Morgan fingerprint density at radius 3 is 2.53 bits per heavy atom. The van der Waals surface area contributed by atoms with E-state index < -0.39 is 10.0 Å². The normalized spacial score (nSPS) is 11.2. The zero-order valence-corrected chi connectivity index (χ0v) is 8.95. The third-order valence-electron chi connectivity index (χ3n) is 1.64. The lowest BCUT2D eigenvalue weighted by atomic mass is 10.2. The molecule has 0 aromatic heterocycles. The van der Waals surface area contributed by atoms with Gasteiger partial charge in [-0.1, -0.05) is 23.6 Å². The van der Waals surface area contributed by atoms with Gasteiger partial charge in [-0.05, 0) is 19.1 Å². The van der Waals surface area contributed by atoms with E-state index in [1.807, 2.05) is 11.8 Å². The van der Waals surface area contributed by atoms with Crippen LogP contribution in [0, 0.1) is 19.3 Å². The average Bonchev–Trinajstić information content (AvgIpc) is 2.18. The molecule has 0 amide bonds. The van der Waals surface area contributed by atoms with Crippen molar-refractivity contribution in [2.45, 2.75) is 11.8 Å². The van der Waals surface area contributed by atoms with Gasteiger partial charge in [0.15, 0.2) is 0 Å². The van der Waals surface area contributed by atoms with Gasteiger partial charge in [0.05, 0.1) is 11.1 Å². The Balaban J connectivity index is 2.93. The lowest BCUT2D eigenvalue weighted by molar-refractivity contribution is 0.584. The highest BCUT2D eigenvalue weighted by Gasteiger charge is 2.11. The van der Waals surface area contributed by atoms with Crippen LogP contribution >= 0.6 is 0 Å². The number of rotatable bonds is 3. The SMILES string of the molecule is Cc1ccc(S(=O)(=O)N/N=C/C#[13CH])cc1. The van der Waals surface area contributed by atoms with E-state index in [-0.39, 0.29) is 4.90 Å². The van der Waals surface area contributed by atoms with E-state index in [1.165, 1.54) is 12.1 Å². The summed E-state index contributed by atoms with van der Waals surface area (Å²) in [5, 5.41) is 3.36. The first-order chi connectivity index (χ1) is 7.06. The van der Waals surface area contributed by atoms with Crippen LogP contribution < -0.4 is 4.83 Å². The fraction of sp³-hybridized carbons (Fsp3) is 0.100. The van der Waals surface area contributed by atoms with Crippen molar-refractivity contribution in [2.24, 2.45) is 5.10 Å². The number of terminal acetylenes is 1. The van der Waals surface area contributed by atoms with Crippen LogP contribution in [-0.2, 0) is 10.0 Å². The summed E-state index contributed by atoms with van der Waals surface area (Å²) in [5.41, 5.74) is 0.987. The fourth-order valence-electron chi connectivity index (χ4n) is 0.903. The molecule has 0 atom stereocenters. The molecule has 15 heavy (non-hydrogen) atoms. The second kappa shape index (κ2) is 4.62. The van der Waals surface area contributed by atoms with Gasteiger partial charge in [-0.3, -0.25) is 0 Å². The van der Waals surface area contributed by atoms with E-state index in [1.54, 1.807) is 12.1 Å². The third kappa shape index (κ3) is 3.11. The number of hydrazone groups is 1. The first-order valence-electron chi connectivity index (χ1n) is 4.12. The number of hydrogen-bond acceptors (Lipinski definition) is 3. The van der Waals surface area contributed by atoms with Crippen LogP contribution in [0.2, 0.25) is 0 Å². The van der Waals surface area contributed by atoms with Gasteiger partial charge in [-0.25, -0.2) is 0 Å². The highest BCUT2D eigenvalue weighted by Crippen LogP contribution is 2.09. The largest absolute Gasteiger partial charge is 0.276 e. The number of hydrogen-bond donors (Lipinski definition) is 1. The maximum absolute atomic E-state index is 11.5. The van der Waals surface area contributed by atoms with Gasteiger partial charge in [0.2, 0.25) is 0 Å². The zero-order chi connectivity index (χ0) is 11.3. The lowest BCUT2D eigenvalue weighted by Crippen LogP contribution is -2.18. The van der Waals surface area contributed by atoms with Crippen LogP contribution in [0.15, 0.2) is 34.3 Å². The van der Waals surface area contributed by atoms with Crippen molar-refractivity contribution in [3.05, 3.63) is 29.8 Å². The second-order valence-corrected chi connectivity index (χ2v) is 4.49. The predicted molar refractivity (Wildman–Crippen MR) is 58.8 cm³/mol. The van der Waals surface area contributed by atoms with Crippen molar-refractivity contribution >= 4 is 16.2 Å². The Morgan fingerprint density at radius 1 is 1.40 bits per heavy atom. The molecule has 1 aromatic rings. The van der Waals surface area contributed by atoms with Crippen LogP contribution in [0.3, 0.4) is 0 Å². The Morgan fingerprint density at radius 2 is 2.00 bits per heavy atom. The molecule has 0 saturated heterocycles. The standard InChI is InChI=1S/C10H10N2O2S/c1-3-8-11-12-15(13,14)10-6-4-9(2)5-7-10/h1,4-8,12H,2H3/b11-8+/i1+1. The van der Waals surface area contributed by atoms with Gasteiger partial charge in [0, 0.05) is 0 Å². The molecule has 0 unspecified atom stereocenters. The minimum atomic E-state index is -3.59. The Labute approximate surface area is 89.1 Å². The van der Waals surface area contributed by atoms with Gasteiger partial charge in [0.1, 0.15) is 0 Å².